The first-order valence-corrected chi connectivity index (χ1v) is 7.86. The summed E-state index contributed by atoms with van der Waals surface area (Å²) in [5.41, 5.74) is 0. The normalized spacial score (nSPS) is 18.8. The van der Waals surface area contributed by atoms with Crippen molar-refractivity contribution in [2.45, 2.75) is 30.2 Å². The summed E-state index contributed by atoms with van der Waals surface area (Å²) in [6.07, 6.45) is 2.44. The van der Waals surface area contributed by atoms with Crippen molar-refractivity contribution in [3.8, 4) is 0 Å². The largest absolute Gasteiger partial charge is 0.394 e. The number of hydrogen-bond donors (Lipinski definition) is 1. The van der Waals surface area contributed by atoms with Gasteiger partial charge >= 0.3 is 0 Å². The maximum atomic E-state index is 12.0. The molecule has 1 unspecified atom stereocenters. The Morgan fingerprint density at radius 1 is 1.42 bits per heavy atom. The predicted molar refractivity (Wildman–Crippen MR) is 78.6 cm³/mol. The first-order chi connectivity index (χ1) is 9.20. The monoisotopic (exact) mass is 299 g/mol. The Balaban J connectivity index is 1.76. The summed E-state index contributed by atoms with van der Waals surface area (Å²) < 4.78 is 0. The molecule has 0 radical (unpaired) electrons. The standard InChI is InChI=1S/C14H18ClNO2S/c15-11-3-5-13(6-4-11)19-9-7-14(18)16-8-1-2-12(16)10-17/h3-6,12,17H,1-2,7-10H2. The number of hydrogen-bond acceptors (Lipinski definition) is 3. The molecule has 1 aromatic carbocycles. The number of aliphatic hydroxyl groups is 1. The van der Waals surface area contributed by atoms with Crippen LogP contribution in [-0.4, -0.2) is 40.9 Å². The lowest BCUT2D eigenvalue weighted by Gasteiger charge is -2.22. The van der Waals surface area contributed by atoms with Crippen molar-refractivity contribution in [2.75, 3.05) is 18.9 Å². The highest BCUT2D eigenvalue weighted by Gasteiger charge is 2.27. The average molecular weight is 300 g/mol. The van der Waals surface area contributed by atoms with Crippen molar-refractivity contribution in [2.24, 2.45) is 0 Å². The smallest absolute Gasteiger partial charge is 0.223 e. The molecule has 1 aliphatic heterocycles. The summed E-state index contributed by atoms with van der Waals surface area (Å²) in [5.74, 6) is 0.910. The number of nitrogens with zero attached hydrogens (tertiary/aromatic N) is 1. The molecule has 19 heavy (non-hydrogen) atoms. The van der Waals surface area contributed by atoms with Gasteiger partial charge in [0.2, 0.25) is 5.91 Å². The second-order valence-corrected chi connectivity index (χ2v) is 6.22. The maximum absolute atomic E-state index is 12.0. The fraction of sp³-hybridized carbons (Fsp3) is 0.500. The van der Waals surface area contributed by atoms with Crippen molar-refractivity contribution in [1.82, 2.24) is 4.90 Å². The van der Waals surface area contributed by atoms with Crippen molar-refractivity contribution in [3.05, 3.63) is 29.3 Å². The van der Waals surface area contributed by atoms with Gasteiger partial charge < -0.3 is 10.0 Å². The zero-order valence-electron chi connectivity index (χ0n) is 10.7. The summed E-state index contributed by atoms with van der Waals surface area (Å²) in [7, 11) is 0. The molecule has 1 aromatic rings. The number of benzene rings is 1. The van der Waals surface area contributed by atoms with Crippen molar-refractivity contribution < 1.29 is 9.90 Å². The third kappa shape index (κ3) is 4.13. The van der Waals surface area contributed by atoms with Crippen LogP contribution in [0.2, 0.25) is 5.02 Å². The van der Waals surface area contributed by atoms with Gasteiger partial charge in [0, 0.05) is 28.6 Å². The maximum Gasteiger partial charge on any atom is 0.223 e. The lowest BCUT2D eigenvalue weighted by Crippen LogP contribution is -2.37. The minimum atomic E-state index is 0.0352. The van der Waals surface area contributed by atoms with E-state index in [9.17, 15) is 9.90 Å². The van der Waals surface area contributed by atoms with Gasteiger partial charge in [0.1, 0.15) is 0 Å². The van der Waals surface area contributed by atoms with Gasteiger partial charge in [-0.3, -0.25) is 4.79 Å². The molecule has 3 nitrogen and oxygen atoms in total. The zero-order chi connectivity index (χ0) is 13.7. The van der Waals surface area contributed by atoms with Gasteiger partial charge in [-0.25, -0.2) is 0 Å². The van der Waals surface area contributed by atoms with E-state index in [1.165, 1.54) is 0 Å². The van der Waals surface area contributed by atoms with E-state index < -0.39 is 0 Å². The molecular weight excluding hydrogens is 282 g/mol. The predicted octanol–water partition coefficient (Wildman–Crippen LogP) is 2.81. The number of carbonyl (C=O) groups is 1. The molecule has 1 heterocycles. The van der Waals surface area contributed by atoms with Gasteiger partial charge in [0.15, 0.2) is 0 Å². The lowest BCUT2D eigenvalue weighted by atomic mass is 10.2. The molecule has 104 valence electrons. The molecule has 1 fully saturated rings. The Morgan fingerprint density at radius 2 is 2.16 bits per heavy atom. The van der Waals surface area contributed by atoms with E-state index >= 15 is 0 Å². The summed E-state index contributed by atoms with van der Waals surface area (Å²) in [4.78, 5) is 15.0. The fourth-order valence-corrected chi connectivity index (χ4v) is 3.25. The molecule has 1 atom stereocenters. The third-order valence-electron chi connectivity index (χ3n) is 3.31. The lowest BCUT2D eigenvalue weighted by molar-refractivity contribution is -0.132. The average Bonchev–Trinajstić information content (AvgIpc) is 2.89. The van der Waals surface area contributed by atoms with Crippen molar-refractivity contribution >= 4 is 29.3 Å². The molecule has 0 saturated carbocycles. The van der Waals surface area contributed by atoms with Crippen LogP contribution in [0.1, 0.15) is 19.3 Å². The van der Waals surface area contributed by atoms with Crippen LogP contribution in [0, 0.1) is 0 Å². The highest BCUT2D eigenvalue weighted by molar-refractivity contribution is 7.99. The highest BCUT2D eigenvalue weighted by atomic mass is 35.5. The van der Waals surface area contributed by atoms with Crippen LogP contribution < -0.4 is 0 Å². The molecule has 1 N–H and O–H groups in total. The Bertz CT molecular complexity index is 424. The molecule has 0 aromatic heterocycles. The number of amides is 1. The second-order valence-electron chi connectivity index (χ2n) is 4.62. The van der Waals surface area contributed by atoms with Gasteiger partial charge in [-0.15, -0.1) is 11.8 Å². The van der Waals surface area contributed by atoms with Gasteiger partial charge in [-0.1, -0.05) is 11.6 Å². The number of thioether (sulfide) groups is 1. The first kappa shape index (κ1) is 14.7. The summed E-state index contributed by atoms with van der Waals surface area (Å²) in [6.45, 7) is 0.867. The Morgan fingerprint density at radius 3 is 2.84 bits per heavy atom. The highest BCUT2D eigenvalue weighted by Crippen LogP contribution is 2.23. The van der Waals surface area contributed by atoms with E-state index in [2.05, 4.69) is 0 Å². The summed E-state index contributed by atoms with van der Waals surface area (Å²) in [5, 5.41) is 9.93. The number of rotatable bonds is 5. The molecule has 0 aliphatic carbocycles. The zero-order valence-corrected chi connectivity index (χ0v) is 12.3. The number of halogens is 1. The van der Waals surface area contributed by atoms with Crippen LogP contribution in [0.3, 0.4) is 0 Å². The molecule has 0 spiro atoms. The molecular formula is C14H18ClNO2S. The van der Waals surface area contributed by atoms with E-state index in [-0.39, 0.29) is 18.6 Å². The van der Waals surface area contributed by atoms with Crippen molar-refractivity contribution in [1.29, 1.82) is 0 Å². The molecule has 0 bridgehead atoms. The Labute approximate surface area is 122 Å². The molecule has 2 rings (SSSR count). The fourth-order valence-electron chi connectivity index (χ4n) is 2.28. The van der Waals surface area contributed by atoms with Crippen LogP contribution >= 0.6 is 23.4 Å². The number of carbonyl (C=O) groups excluding carboxylic acids is 1. The number of likely N-dealkylation sites (tertiary alicyclic amines) is 1. The van der Waals surface area contributed by atoms with Crippen LogP contribution in [0.4, 0.5) is 0 Å². The molecule has 1 saturated heterocycles. The van der Waals surface area contributed by atoms with E-state index in [4.69, 9.17) is 11.6 Å². The first-order valence-electron chi connectivity index (χ1n) is 6.49. The third-order valence-corrected chi connectivity index (χ3v) is 4.57. The number of aliphatic hydroxyl groups excluding tert-OH is 1. The van der Waals surface area contributed by atoms with E-state index in [1.54, 1.807) is 11.8 Å². The van der Waals surface area contributed by atoms with Crippen molar-refractivity contribution in [3.63, 3.8) is 0 Å². The van der Waals surface area contributed by atoms with E-state index in [0.717, 1.165) is 35.1 Å². The SMILES string of the molecule is O=C(CCSc1ccc(Cl)cc1)N1CCCC1CO. The van der Waals surface area contributed by atoms with Gasteiger partial charge in [0.05, 0.1) is 12.6 Å². The summed E-state index contributed by atoms with van der Waals surface area (Å²) in [6, 6.07) is 7.67. The van der Waals surface area contributed by atoms with Gasteiger partial charge in [-0.2, -0.15) is 0 Å². The van der Waals surface area contributed by atoms with Crippen LogP contribution in [0.15, 0.2) is 29.2 Å². The van der Waals surface area contributed by atoms with Gasteiger partial charge in [-0.05, 0) is 37.1 Å². The Hall–Kier alpha value is -0.710. The topological polar surface area (TPSA) is 40.5 Å². The van der Waals surface area contributed by atoms with Crippen LogP contribution in [0.25, 0.3) is 0 Å². The van der Waals surface area contributed by atoms with E-state index in [0.29, 0.717) is 6.42 Å². The summed E-state index contributed by atoms with van der Waals surface area (Å²) >= 11 is 7.48. The Kier molecular flexibility index (Phi) is 5.55. The quantitative estimate of drug-likeness (QED) is 0.850. The minimum Gasteiger partial charge on any atom is -0.394 e. The van der Waals surface area contributed by atoms with Crippen LogP contribution in [-0.2, 0) is 4.79 Å². The molecule has 1 aliphatic rings. The van der Waals surface area contributed by atoms with E-state index in [1.807, 2.05) is 29.2 Å². The molecule has 5 heteroatoms. The minimum absolute atomic E-state index is 0.0352. The molecule has 1 amide bonds. The second kappa shape index (κ2) is 7.17. The van der Waals surface area contributed by atoms with Gasteiger partial charge in [0.25, 0.3) is 0 Å². The van der Waals surface area contributed by atoms with Crippen LogP contribution in [0.5, 0.6) is 0 Å².